The number of rotatable bonds is 3. The van der Waals surface area contributed by atoms with E-state index in [1.807, 2.05) is 17.4 Å². The Hall–Kier alpha value is -0.820. The van der Waals surface area contributed by atoms with Crippen LogP contribution in [0.25, 0.3) is 12.2 Å². The fourth-order valence-electron chi connectivity index (χ4n) is 2.71. The number of allylic oxidation sites excluding steroid dienone is 1. The summed E-state index contributed by atoms with van der Waals surface area (Å²) in [6.45, 7) is 6.11. The molecule has 0 saturated heterocycles. The second-order valence-electron chi connectivity index (χ2n) is 5.09. The third-order valence-electron chi connectivity index (χ3n) is 3.65. The normalized spacial score (nSPS) is 18.3. The summed E-state index contributed by atoms with van der Waals surface area (Å²) in [7, 11) is 0. The lowest BCUT2D eigenvalue weighted by Gasteiger charge is -2.08. The SMILES string of the molecule is C=C/C=c1/sc2c(/c1=C/CCC)CCCCCC2. The standard InChI is InChI=1S/C17H24S/c1-3-5-11-14-15-12-8-6-7-9-13-17(15)18-16(14)10-4-2/h4,10-11H,2-3,5-9,12-13H2,1H3/b14-11-,16-10+. The Morgan fingerprint density at radius 1 is 1.17 bits per heavy atom. The Balaban J connectivity index is 2.52. The van der Waals surface area contributed by atoms with Gasteiger partial charge >= 0.3 is 0 Å². The molecule has 0 spiro atoms. The number of hydrogen-bond donors (Lipinski definition) is 0. The lowest BCUT2D eigenvalue weighted by Crippen LogP contribution is -2.22. The minimum absolute atomic E-state index is 1.20. The monoisotopic (exact) mass is 260 g/mol. The van der Waals surface area contributed by atoms with Crippen LogP contribution in [0, 0.1) is 0 Å². The highest BCUT2D eigenvalue weighted by Gasteiger charge is 2.11. The Bertz CT molecular complexity index is 504. The van der Waals surface area contributed by atoms with Gasteiger partial charge in [-0.15, -0.1) is 11.3 Å². The third kappa shape index (κ3) is 3.14. The quantitative estimate of drug-likeness (QED) is 0.772. The maximum absolute atomic E-state index is 3.86. The van der Waals surface area contributed by atoms with E-state index >= 15 is 0 Å². The maximum atomic E-state index is 3.86. The van der Waals surface area contributed by atoms with Crippen molar-refractivity contribution in [2.24, 2.45) is 0 Å². The predicted octanol–water partition coefficient (Wildman–Crippen LogP) is 3.95. The van der Waals surface area contributed by atoms with E-state index in [9.17, 15) is 0 Å². The minimum Gasteiger partial charge on any atom is -0.140 e. The van der Waals surface area contributed by atoms with Crippen LogP contribution in [0.2, 0.25) is 0 Å². The van der Waals surface area contributed by atoms with E-state index < -0.39 is 0 Å². The number of thiophene rings is 1. The third-order valence-corrected chi connectivity index (χ3v) is 4.92. The first-order valence-electron chi connectivity index (χ1n) is 7.30. The summed E-state index contributed by atoms with van der Waals surface area (Å²) in [4.78, 5) is 1.64. The second-order valence-corrected chi connectivity index (χ2v) is 6.23. The van der Waals surface area contributed by atoms with Crippen LogP contribution in [0.4, 0.5) is 0 Å². The van der Waals surface area contributed by atoms with Gasteiger partial charge in [-0.25, -0.2) is 0 Å². The molecule has 1 heteroatoms. The Labute approximate surface area is 115 Å². The second kappa shape index (κ2) is 6.94. The van der Waals surface area contributed by atoms with Crippen LogP contribution in [0.3, 0.4) is 0 Å². The van der Waals surface area contributed by atoms with Crippen LogP contribution in [-0.2, 0) is 12.8 Å². The highest BCUT2D eigenvalue weighted by atomic mass is 32.1. The van der Waals surface area contributed by atoms with Crippen LogP contribution in [0.1, 0.15) is 55.9 Å². The number of fused-ring (bicyclic) bond motifs is 1. The molecule has 0 bridgehead atoms. The zero-order valence-electron chi connectivity index (χ0n) is 11.5. The van der Waals surface area contributed by atoms with E-state index in [2.05, 4.69) is 25.7 Å². The molecule has 1 aliphatic rings. The molecule has 18 heavy (non-hydrogen) atoms. The van der Waals surface area contributed by atoms with Crippen molar-refractivity contribution in [2.45, 2.75) is 58.3 Å². The van der Waals surface area contributed by atoms with Crippen LogP contribution < -0.4 is 9.75 Å². The number of unbranched alkanes of at least 4 members (excludes halogenated alkanes) is 1. The summed E-state index contributed by atoms with van der Waals surface area (Å²) in [6, 6.07) is 0. The Morgan fingerprint density at radius 2 is 1.94 bits per heavy atom. The molecule has 0 aromatic carbocycles. The van der Waals surface area contributed by atoms with Crippen LogP contribution in [0.5, 0.6) is 0 Å². The fraction of sp³-hybridized carbons (Fsp3) is 0.529. The Morgan fingerprint density at radius 3 is 2.67 bits per heavy atom. The van der Waals surface area contributed by atoms with Gasteiger partial charge in [-0.3, -0.25) is 0 Å². The molecule has 0 unspecified atom stereocenters. The first kappa shape index (κ1) is 13.6. The molecule has 1 aromatic heterocycles. The first-order valence-corrected chi connectivity index (χ1v) is 8.12. The van der Waals surface area contributed by atoms with E-state index in [-0.39, 0.29) is 0 Å². The van der Waals surface area contributed by atoms with Crippen molar-refractivity contribution in [1.29, 1.82) is 0 Å². The summed E-state index contributed by atoms with van der Waals surface area (Å²) in [5, 5.41) is 1.53. The smallest absolute Gasteiger partial charge is 0.0345 e. The zero-order chi connectivity index (χ0) is 12.8. The van der Waals surface area contributed by atoms with Crippen LogP contribution >= 0.6 is 11.3 Å². The molecule has 1 aliphatic carbocycles. The van der Waals surface area contributed by atoms with Gasteiger partial charge in [0.15, 0.2) is 0 Å². The molecule has 0 fully saturated rings. The maximum Gasteiger partial charge on any atom is 0.0345 e. The number of aryl methyl sites for hydroxylation is 1. The average Bonchev–Trinajstić information content (AvgIpc) is 2.64. The van der Waals surface area contributed by atoms with Crippen molar-refractivity contribution >= 4 is 23.5 Å². The van der Waals surface area contributed by atoms with Gasteiger partial charge in [-0.05, 0) is 49.0 Å². The lowest BCUT2D eigenvalue weighted by molar-refractivity contribution is 0.621. The van der Waals surface area contributed by atoms with Gasteiger partial charge in [0.05, 0.1) is 0 Å². The summed E-state index contributed by atoms with van der Waals surface area (Å²) in [5.41, 5.74) is 1.65. The highest BCUT2D eigenvalue weighted by Crippen LogP contribution is 2.19. The van der Waals surface area contributed by atoms with Crippen molar-refractivity contribution in [3.8, 4) is 0 Å². The molecule has 1 aromatic rings. The van der Waals surface area contributed by atoms with E-state index in [0.29, 0.717) is 0 Å². The van der Waals surface area contributed by atoms with Gasteiger partial charge in [0.25, 0.3) is 0 Å². The molecule has 0 atom stereocenters. The largest absolute Gasteiger partial charge is 0.140 e. The van der Waals surface area contributed by atoms with Crippen LogP contribution in [-0.4, -0.2) is 0 Å². The molecule has 0 saturated carbocycles. The Kier molecular flexibility index (Phi) is 5.25. The van der Waals surface area contributed by atoms with E-state index in [1.165, 1.54) is 61.1 Å². The molecule has 0 nitrogen and oxygen atoms in total. The highest BCUT2D eigenvalue weighted by molar-refractivity contribution is 7.10. The first-order chi connectivity index (χ1) is 8.86. The van der Waals surface area contributed by atoms with Crippen molar-refractivity contribution in [3.63, 3.8) is 0 Å². The van der Waals surface area contributed by atoms with Gasteiger partial charge < -0.3 is 0 Å². The van der Waals surface area contributed by atoms with Gasteiger partial charge in [0, 0.05) is 9.41 Å². The summed E-state index contributed by atoms with van der Waals surface area (Å²) < 4.78 is 1.44. The van der Waals surface area contributed by atoms with Gasteiger partial charge in [0.1, 0.15) is 0 Å². The van der Waals surface area contributed by atoms with Gasteiger partial charge in [0.2, 0.25) is 0 Å². The molecular formula is C17H24S. The average molecular weight is 260 g/mol. The zero-order valence-corrected chi connectivity index (χ0v) is 12.3. The van der Waals surface area contributed by atoms with Crippen molar-refractivity contribution in [2.75, 3.05) is 0 Å². The lowest BCUT2D eigenvalue weighted by atomic mass is 9.98. The van der Waals surface area contributed by atoms with Gasteiger partial charge in [-0.2, -0.15) is 0 Å². The van der Waals surface area contributed by atoms with Crippen LogP contribution in [0.15, 0.2) is 12.7 Å². The molecule has 0 N–H and O–H groups in total. The van der Waals surface area contributed by atoms with Gasteiger partial charge in [-0.1, -0.05) is 44.9 Å². The van der Waals surface area contributed by atoms with Crippen molar-refractivity contribution in [3.05, 3.63) is 32.8 Å². The minimum atomic E-state index is 1.20. The van der Waals surface area contributed by atoms with Crippen molar-refractivity contribution in [1.82, 2.24) is 0 Å². The molecule has 1 heterocycles. The predicted molar refractivity (Wildman–Crippen MR) is 83.5 cm³/mol. The molecule has 0 amide bonds. The van der Waals surface area contributed by atoms with E-state index in [4.69, 9.17) is 0 Å². The molecule has 0 radical (unpaired) electrons. The fourth-order valence-corrected chi connectivity index (χ4v) is 4.04. The summed E-state index contributed by atoms with van der Waals surface area (Å²) >= 11 is 2.00. The molecular weight excluding hydrogens is 236 g/mol. The summed E-state index contributed by atoms with van der Waals surface area (Å²) in [5.74, 6) is 0. The van der Waals surface area contributed by atoms with Crippen molar-refractivity contribution < 1.29 is 0 Å². The molecule has 98 valence electrons. The molecule has 0 aliphatic heterocycles. The van der Waals surface area contributed by atoms with E-state index in [1.54, 1.807) is 10.4 Å². The molecule has 2 rings (SSSR count). The summed E-state index contributed by atoms with van der Waals surface area (Å²) in [6.07, 6.45) is 17.1. The number of hydrogen-bond acceptors (Lipinski definition) is 1. The topological polar surface area (TPSA) is 0 Å². The van der Waals surface area contributed by atoms with E-state index in [0.717, 1.165) is 0 Å².